The summed E-state index contributed by atoms with van der Waals surface area (Å²) < 4.78 is 16.4. The lowest BCUT2D eigenvalue weighted by atomic mass is 10.5. The molecule has 1 aromatic heterocycles. The predicted octanol–water partition coefficient (Wildman–Crippen LogP) is 1.23. The van der Waals surface area contributed by atoms with Crippen LogP contribution in [0.25, 0.3) is 0 Å². The quantitative estimate of drug-likeness (QED) is 0.630. The van der Waals surface area contributed by atoms with E-state index >= 15 is 0 Å². The number of ether oxygens (including phenoxy) is 1. The van der Waals surface area contributed by atoms with E-state index in [2.05, 4.69) is 11.2 Å². The highest BCUT2D eigenvalue weighted by atomic mass is 19.1. The molecule has 0 aliphatic heterocycles. The average molecular weight is 140 g/mol. The van der Waals surface area contributed by atoms with Crippen LogP contribution in [0.1, 0.15) is 0 Å². The Hall–Kier alpha value is -1.12. The first-order chi connectivity index (χ1) is 4.93. The van der Waals surface area contributed by atoms with Crippen LogP contribution in [0.15, 0.2) is 18.3 Å². The van der Waals surface area contributed by atoms with Gasteiger partial charge in [-0.1, -0.05) is 0 Å². The minimum absolute atomic E-state index is 0.0890. The summed E-state index contributed by atoms with van der Waals surface area (Å²) in [5.74, 6) is 0.580. The normalized spacial score (nSPS) is 9.30. The molecule has 0 unspecified atom stereocenters. The van der Waals surface area contributed by atoms with Crippen molar-refractivity contribution in [2.75, 3.05) is 13.3 Å². The van der Waals surface area contributed by atoms with Crippen molar-refractivity contribution in [1.82, 2.24) is 4.98 Å². The number of halogens is 1. The standard InChI is InChI=1S/C7H7FNO/c8-3-5-10-7-2-1-4-9-6-7/h1-2,6H,3,5H2. The topological polar surface area (TPSA) is 22.1 Å². The summed E-state index contributed by atoms with van der Waals surface area (Å²) >= 11 is 0. The summed E-state index contributed by atoms with van der Waals surface area (Å²) in [5, 5.41) is 0. The summed E-state index contributed by atoms with van der Waals surface area (Å²) in [6, 6.07) is 3.30. The Morgan fingerprint density at radius 2 is 2.60 bits per heavy atom. The molecular formula is C7H7FNO. The molecule has 0 fully saturated rings. The first-order valence-corrected chi connectivity index (χ1v) is 2.94. The zero-order valence-electron chi connectivity index (χ0n) is 5.38. The molecule has 0 aromatic carbocycles. The molecule has 1 radical (unpaired) electrons. The van der Waals surface area contributed by atoms with Gasteiger partial charge in [0.2, 0.25) is 0 Å². The maximum absolute atomic E-state index is 11.5. The molecule has 1 aromatic rings. The fourth-order valence-corrected chi connectivity index (χ4v) is 0.548. The van der Waals surface area contributed by atoms with Crippen LogP contribution in [0.2, 0.25) is 0 Å². The highest BCUT2D eigenvalue weighted by Crippen LogP contribution is 2.04. The van der Waals surface area contributed by atoms with Gasteiger partial charge < -0.3 is 4.74 Å². The third kappa shape index (κ3) is 2.01. The molecule has 0 spiro atoms. The molecule has 0 aliphatic carbocycles. The summed E-state index contributed by atoms with van der Waals surface area (Å²) in [6.45, 7) is -0.385. The number of aromatic nitrogens is 1. The molecule has 1 heterocycles. The monoisotopic (exact) mass is 140 g/mol. The van der Waals surface area contributed by atoms with Gasteiger partial charge in [-0.25, -0.2) is 4.39 Å². The average Bonchev–Trinajstić information content (AvgIpc) is 2.03. The number of rotatable bonds is 3. The Morgan fingerprint density at radius 3 is 3.20 bits per heavy atom. The number of hydrogen-bond donors (Lipinski definition) is 0. The van der Waals surface area contributed by atoms with Gasteiger partial charge in [0.1, 0.15) is 19.0 Å². The lowest BCUT2D eigenvalue weighted by molar-refractivity contribution is 0.272. The van der Waals surface area contributed by atoms with Crippen molar-refractivity contribution in [2.45, 2.75) is 0 Å². The molecule has 53 valence electrons. The zero-order chi connectivity index (χ0) is 7.23. The van der Waals surface area contributed by atoms with E-state index in [4.69, 9.17) is 4.74 Å². The molecule has 2 nitrogen and oxygen atoms in total. The zero-order valence-corrected chi connectivity index (χ0v) is 5.38. The van der Waals surface area contributed by atoms with Crippen LogP contribution >= 0.6 is 0 Å². The van der Waals surface area contributed by atoms with Crippen LogP contribution in [0.4, 0.5) is 4.39 Å². The Kier molecular flexibility index (Phi) is 2.67. The second-order valence-electron chi connectivity index (χ2n) is 1.66. The summed E-state index contributed by atoms with van der Waals surface area (Å²) in [4.78, 5) is 3.67. The largest absolute Gasteiger partial charge is 0.489 e. The molecule has 0 saturated heterocycles. The van der Waals surface area contributed by atoms with Gasteiger partial charge in [0, 0.05) is 0 Å². The smallest absolute Gasteiger partial charge is 0.137 e. The Labute approximate surface area is 58.7 Å². The van der Waals surface area contributed by atoms with Gasteiger partial charge in [-0.3, -0.25) is 4.98 Å². The first-order valence-electron chi connectivity index (χ1n) is 2.94. The third-order valence-corrected chi connectivity index (χ3v) is 0.934. The third-order valence-electron chi connectivity index (χ3n) is 0.934. The van der Waals surface area contributed by atoms with E-state index in [0.29, 0.717) is 5.75 Å². The Bertz CT molecular complexity index is 178. The van der Waals surface area contributed by atoms with Crippen molar-refractivity contribution in [1.29, 1.82) is 0 Å². The van der Waals surface area contributed by atoms with Crippen molar-refractivity contribution in [3.05, 3.63) is 24.5 Å². The minimum Gasteiger partial charge on any atom is -0.489 e. The second-order valence-corrected chi connectivity index (χ2v) is 1.66. The van der Waals surface area contributed by atoms with Gasteiger partial charge in [-0.2, -0.15) is 0 Å². The van der Waals surface area contributed by atoms with Crippen LogP contribution in [-0.4, -0.2) is 18.3 Å². The van der Waals surface area contributed by atoms with Crippen molar-refractivity contribution in [2.24, 2.45) is 0 Å². The van der Waals surface area contributed by atoms with Crippen LogP contribution in [-0.2, 0) is 0 Å². The van der Waals surface area contributed by atoms with Gasteiger partial charge in [0.25, 0.3) is 0 Å². The maximum Gasteiger partial charge on any atom is 0.137 e. The van der Waals surface area contributed by atoms with Crippen molar-refractivity contribution in [3.8, 4) is 5.75 Å². The van der Waals surface area contributed by atoms with Crippen LogP contribution in [0, 0.1) is 6.20 Å². The molecule has 0 saturated carbocycles. The number of alkyl halides is 1. The van der Waals surface area contributed by atoms with Crippen molar-refractivity contribution >= 4 is 0 Å². The molecule has 0 bridgehead atoms. The molecule has 3 heteroatoms. The van der Waals surface area contributed by atoms with Crippen molar-refractivity contribution in [3.63, 3.8) is 0 Å². The second kappa shape index (κ2) is 3.82. The molecule has 0 N–H and O–H groups in total. The molecule has 0 aliphatic rings. The van der Waals surface area contributed by atoms with Gasteiger partial charge in [-0.15, -0.1) is 0 Å². The first kappa shape index (κ1) is 6.99. The Balaban J connectivity index is 2.43. The van der Waals surface area contributed by atoms with Gasteiger partial charge >= 0.3 is 0 Å². The van der Waals surface area contributed by atoms with Crippen LogP contribution in [0.5, 0.6) is 5.75 Å². The van der Waals surface area contributed by atoms with E-state index in [-0.39, 0.29) is 6.61 Å². The molecule has 10 heavy (non-hydrogen) atoms. The molecule has 1 rings (SSSR count). The fraction of sp³-hybridized carbons (Fsp3) is 0.286. The van der Waals surface area contributed by atoms with E-state index in [9.17, 15) is 4.39 Å². The summed E-state index contributed by atoms with van der Waals surface area (Å²) in [5.41, 5.74) is 0. The number of nitrogens with zero attached hydrogens (tertiary/aromatic N) is 1. The number of pyridine rings is 1. The van der Waals surface area contributed by atoms with Gasteiger partial charge in [0.05, 0.1) is 12.4 Å². The summed E-state index contributed by atoms with van der Waals surface area (Å²) in [6.07, 6.45) is 4.08. The lowest BCUT2D eigenvalue weighted by Gasteiger charge is -1.99. The van der Waals surface area contributed by atoms with Crippen LogP contribution < -0.4 is 4.74 Å². The van der Waals surface area contributed by atoms with E-state index in [1.807, 2.05) is 0 Å². The van der Waals surface area contributed by atoms with E-state index in [1.165, 1.54) is 6.20 Å². The van der Waals surface area contributed by atoms with E-state index in [0.717, 1.165) is 0 Å². The maximum atomic E-state index is 11.5. The molecule has 0 atom stereocenters. The Morgan fingerprint density at radius 1 is 1.70 bits per heavy atom. The highest BCUT2D eigenvalue weighted by Gasteiger charge is 1.89. The molecular weight excluding hydrogens is 133 g/mol. The number of hydrogen-bond acceptors (Lipinski definition) is 2. The van der Waals surface area contributed by atoms with Gasteiger partial charge in [-0.05, 0) is 12.1 Å². The van der Waals surface area contributed by atoms with Gasteiger partial charge in [0.15, 0.2) is 0 Å². The van der Waals surface area contributed by atoms with Crippen molar-refractivity contribution < 1.29 is 9.13 Å². The SMILES string of the molecule is FCCOc1cc[c]nc1. The fourth-order valence-electron chi connectivity index (χ4n) is 0.548. The van der Waals surface area contributed by atoms with E-state index in [1.54, 1.807) is 12.1 Å². The summed E-state index contributed by atoms with van der Waals surface area (Å²) in [7, 11) is 0. The van der Waals surface area contributed by atoms with E-state index < -0.39 is 6.67 Å². The minimum atomic E-state index is -0.474. The predicted molar refractivity (Wildman–Crippen MR) is 34.5 cm³/mol. The highest BCUT2D eigenvalue weighted by molar-refractivity contribution is 5.14. The molecule has 0 amide bonds. The van der Waals surface area contributed by atoms with Crippen LogP contribution in [0.3, 0.4) is 0 Å². The lowest BCUT2D eigenvalue weighted by Crippen LogP contribution is -1.98.